The number of fused-ring (bicyclic) bond motifs is 1. The standard InChI is InChI=1S/C12H14N4O2/c17-12(18)16-5-2-1-3-10(16)11-14-8-9-7-13-4-6-15(9)11/h4,6-8,10H,1-3,5H2,(H,17,18). The molecule has 0 aliphatic carbocycles. The van der Waals surface area contributed by atoms with Crippen LogP contribution in [0.3, 0.4) is 0 Å². The number of piperidine rings is 1. The van der Waals surface area contributed by atoms with E-state index in [9.17, 15) is 9.90 Å². The van der Waals surface area contributed by atoms with Crippen molar-refractivity contribution in [2.45, 2.75) is 25.3 Å². The maximum absolute atomic E-state index is 11.3. The van der Waals surface area contributed by atoms with Crippen LogP contribution in [0.15, 0.2) is 24.8 Å². The Morgan fingerprint density at radius 2 is 2.28 bits per heavy atom. The maximum atomic E-state index is 11.3. The van der Waals surface area contributed by atoms with Crippen LogP contribution in [0.4, 0.5) is 4.79 Å². The Kier molecular flexibility index (Phi) is 2.62. The second-order valence-corrected chi connectivity index (χ2v) is 4.48. The maximum Gasteiger partial charge on any atom is 0.407 e. The van der Waals surface area contributed by atoms with Crippen molar-refractivity contribution >= 4 is 11.6 Å². The van der Waals surface area contributed by atoms with E-state index in [1.54, 1.807) is 18.6 Å². The molecule has 0 saturated carbocycles. The third-order valence-corrected chi connectivity index (χ3v) is 3.41. The summed E-state index contributed by atoms with van der Waals surface area (Å²) in [4.78, 5) is 21.2. The molecule has 1 aliphatic heterocycles. The molecule has 1 N–H and O–H groups in total. The minimum absolute atomic E-state index is 0.152. The molecule has 0 radical (unpaired) electrons. The monoisotopic (exact) mass is 246 g/mol. The van der Waals surface area contributed by atoms with Crippen LogP contribution in [0, 0.1) is 0 Å². The van der Waals surface area contributed by atoms with Gasteiger partial charge in [0.25, 0.3) is 0 Å². The average Bonchev–Trinajstić information content (AvgIpc) is 2.82. The molecule has 0 bridgehead atoms. The minimum atomic E-state index is -0.870. The van der Waals surface area contributed by atoms with Gasteiger partial charge in [0, 0.05) is 18.9 Å². The Morgan fingerprint density at radius 3 is 3.11 bits per heavy atom. The number of amides is 1. The summed E-state index contributed by atoms with van der Waals surface area (Å²) < 4.78 is 1.92. The summed E-state index contributed by atoms with van der Waals surface area (Å²) in [6.45, 7) is 0.583. The molecule has 6 nitrogen and oxygen atoms in total. The normalized spacial score (nSPS) is 20.2. The van der Waals surface area contributed by atoms with Gasteiger partial charge in [-0.05, 0) is 19.3 Å². The van der Waals surface area contributed by atoms with Crippen molar-refractivity contribution in [3.8, 4) is 0 Å². The van der Waals surface area contributed by atoms with Crippen LogP contribution in [-0.2, 0) is 0 Å². The molecule has 2 aromatic heterocycles. The number of hydrogen-bond acceptors (Lipinski definition) is 3. The van der Waals surface area contributed by atoms with Crippen LogP contribution >= 0.6 is 0 Å². The number of likely N-dealkylation sites (tertiary alicyclic amines) is 1. The Labute approximate surface area is 104 Å². The first-order valence-corrected chi connectivity index (χ1v) is 6.04. The molecular formula is C12H14N4O2. The lowest BCUT2D eigenvalue weighted by atomic mass is 10.0. The summed E-state index contributed by atoms with van der Waals surface area (Å²) >= 11 is 0. The number of hydrogen-bond donors (Lipinski definition) is 1. The van der Waals surface area contributed by atoms with Crippen molar-refractivity contribution in [3.05, 3.63) is 30.6 Å². The lowest BCUT2D eigenvalue weighted by molar-refractivity contribution is 0.103. The van der Waals surface area contributed by atoms with E-state index in [-0.39, 0.29) is 6.04 Å². The third-order valence-electron chi connectivity index (χ3n) is 3.41. The lowest BCUT2D eigenvalue weighted by Gasteiger charge is -2.32. The second-order valence-electron chi connectivity index (χ2n) is 4.48. The van der Waals surface area contributed by atoms with Crippen molar-refractivity contribution < 1.29 is 9.90 Å². The van der Waals surface area contributed by atoms with E-state index in [1.807, 2.05) is 10.6 Å². The summed E-state index contributed by atoms with van der Waals surface area (Å²) in [5.74, 6) is 0.787. The van der Waals surface area contributed by atoms with E-state index in [0.717, 1.165) is 30.6 Å². The van der Waals surface area contributed by atoms with Crippen LogP contribution in [0.25, 0.3) is 5.52 Å². The fourth-order valence-corrected chi connectivity index (χ4v) is 2.55. The molecule has 2 aromatic rings. The molecular weight excluding hydrogens is 232 g/mol. The molecule has 6 heteroatoms. The van der Waals surface area contributed by atoms with E-state index in [4.69, 9.17) is 0 Å². The zero-order valence-electron chi connectivity index (χ0n) is 9.86. The number of aromatic nitrogens is 3. The van der Waals surface area contributed by atoms with Gasteiger partial charge in [0.1, 0.15) is 5.82 Å². The fraction of sp³-hybridized carbons (Fsp3) is 0.417. The number of imidazole rings is 1. The molecule has 1 fully saturated rings. The summed E-state index contributed by atoms with van der Waals surface area (Å²) in [6, 6.07) is -0.152. The van der Waals surface area contributed by atoms with Gasteiger partial charge in [0.2, 0.25) is 0 Å². The highest BCUT2D eigenvalue weighted by Gasteiger charge is 2.30. The Hall–Kier alpha value is -2.11. The summed E-state index contributed by atoms with van der Waals surface area (Å²) in [5, 5.41) is 9.26. The summed E-state index contributed by atoms with van der Waals surface area (Å²) in [6.07, 6.45) is 8.89. The van der Waals surface area contributed by atoms with Crippen molar-refractivity contribution in [2.24, 2.45) is 0 Å². The zero-order valence-corrected chi connectivity index (χ0v) is 9.86. The van der Waals surface area contributed by atoms with E-state index in [2.05, 4.69) is 9.97 Å². The molecule has 1 saturated heterocycles. The lowest BCUT2D eigenvalue weighted by Crippen LogP contribution is -2.38. The number of nitrogens with zero attached hydrogens (tertiary/aromatic N) is 4. The van der Waals surface area contributed by atoms with E-state index < -0.39 is 6.09 Å². The molecule has 1 atom stereocenters. The van der Waals surface area contributed by atoms with Gasteiger partial charge >= 0.3 is 6.09 Å². The number of rotatable bonds is 1. The SMILES string of the molecule is O=C(O)N1CCCCC1c1ncc2cnccn12. The number of carboxylic acid groups (broad SMARTS) is 1. The topological polar surface area (TPSA) is 70.7 Å². The average molecular weight is 246 g/mol. The van der Waals surface area contributed by atoms with Gasteiger partial charge in [-0.25, -0.2) is 9.78 Å². The molecule has 3 heterocycles. The van der Waals surface area contributed by atoms with Crippen molar-refractivity contribution in [1.29, 1.82) is 0 Å². The predicted molar refractivity (Wildman–Crippen MR) is 64.3 cm³/mol. The van der Waals surface area contributed by atoms with Gasteiger partial charge in [-0.3, -0.25) is 14.3 Å². The molecule has 0 spiro atoms. The first-order chi connectivity index (χ1) is 8.77. The molecule has 94 valence electrons. The van der Waals surface area contributed by atoms with E-state index in [0.29, 0.717) is 6.54 Å². The Balaban J connectivity index is 2.04. The van der Waals surface area contributed by atoms with E-state index >= 15 is 0 Å². The van der Waals surface area contributed by atoms with Gasteiger partial charge in [0.05, 0.1) is 24.0 Å². The first-order valence-electron chi connectivity index (χ1n) is 6.04. The van der Waals surface area contributed by atoms with Crippen molar-refractivity contribution in [1.82, 2.24) is 19.3 Å². The largest absolute Gasteiger partial charge is 0.465 e. The minimum Gasteiger partial charge on any atom is -0.465 e. The third kappa shape index (κ3) is 1.70. The van der Waals surface area contributed by atoms with Gasteiger partial charge in [-0.2, -0.15) is 0 Å². The predicted octanol–water partition coefficient (Wildman–Crippen LogP) is 1.93. The molecule has 1 unspecified atom stereocenters. The Bertz CT molecular complexity index is 580. The smallest absolute Gasteiger partial charge is 0.407 e. The van der Waals surface area contributed by atoms with Gasteiger partial charge < -0.3 is 5.11 Å². The van der Waals surface area contributed by atoms with Crippen LogP contribution in [0.5, 0.6) is 0 Å². The zero-order chi connectivity index (χ0) is 12.5. The highest BCUT2D eigenvalue weighted by Crippen LogP contribution is 2.30. The summed E-state index contributed by atoms with van der Waals surface area (Å²) in [5.41, 5.74) is 0.892. The molecule has 3 rings (SSSR count). The van der Waals surface area contributed by atoms with Crippen LogP contribution in [-0.4, -0.2) is 37.0 Å². The number of carbonyl (C=O) groups is 1. The quantitative estimate of drug-likeness (QED) is 0.834. The molecule has 1 aliphatic rings. The van der Waals surface area contributed by atoms with Crippen LogP contribution < -0.4 is 0 Å². The fourth-order valence-electron chi connectivity index (χ4n) is 2.55. The Morgan fingerprint density at radius 1 is 1.39 bits per heavy atom. The highest BCUT2D eigenvalue weighted by atomic mass is 16.4. The highest BCUT2D eigenvalue weighted by molar-refractivity contribution is 5.65. The van der Waals surface area contributed by atoms with Gasteiger partial charge in [0.15, 0.2) is 0 Å². The second kappa shape index (κ2) is 4.29. The van der Waals surface area contributed by atoms with Gasteiger partial charge in [-0.1, -0.05) is 0 Å². The summed E-state index contributed by atoms with van der Waals surface area (Å²) in [7, 11) is 0. The van der Waals surface area contributed by atoms with Crippen molar-refractivity contribution in [2.75, 3.05) is 6.54 Å². The van der Waals surface area contributed by atoms with Crippen molar-refractivity contribution in [3.63, 3.8) is 0 Å². The van der Waals surface area contributed by atoms with E-state index in [1.165, 1.54) is 4.90 Å². The molecule has 18 heavy (non-hydrogen) atoms. The molecule has 1 amide bonds. The first kappa shape index (κ1) is 11.0. The molecule has 0 aromatic carbocycles. The van der Waals surface area contributed by atoms with Crippen LogP contribution in [0.1, 0.15) is 31.1 Å². The van der Waals surface area contributed by atoms with Gasteiger partial charge in [-0.15, -0.1) is 0 Å². The van der Waals surface area contributed by atoms with Crippen LogP contribution in [0.2, 0.25) is 0 Å².